The number of hydrogen-bond acceptors (Lipinski definition) is 3. The van der Waals surface area contributed by atoms with Gasteiger partial charge in [-0.25, -0.2) is 0 Å². The third-order valence-corrected chi connectivity index (χ3v) is 9.89. The van der Waals surface area contributed by atoms with Crippen molar-refractivity contribution >= 4 is 17.5 Å². The molecule has 5 aliphatic carbocycles. The Morgan fingerprint density at radius 3 is 2.03 bits per heavy atom. The Labute approximate surface area is 170 Å². The Bertz CT molecular complexity index is 972. The predicted molar refractivity (Wildman–Crippen MR) is 106 cm³/mol. The second-order valence-electron chi connectivity index (χ2n) is 10.5. The van der Waals surface area contributed by atoms with Gasteiger partial charge < -0.3 is 4.74 Å². The fourth-order valence-electron chi connectivity index (χ4n) is 9.29. The van der Waals surface area contributed by atoms with Gasteiger partial charge in [0.05, 0.1) is 17.5 Å². The highest BCUT2D eigenvalue weighted by Gasteiger charge is 2.96. The zero-order chi connectivity index (χ0) is 19.1. The van der Waals surface area contributed by atoms with Crippen LogP contribution >= 0.6 is 0 Å². The van der Waals surface area contributed by atoms with Crippen LogP contribution in [0.4, 0.5) is 5.69 Å². The third-order valence-electron chi connectivity index (χ3n) is 9.89. The molecule has 2 amide bonds. The maximum atomic E-state index is 13.7. The van der Waals surface area contributed by atoms with Crippen LogP contribution in [-0.2, 0) is 14.3 Å². The first-order valence-electron chi connectivity index (χ1n) is 11.5. The van der Waals surface area contributed by atoms with Crippen molar-refractivity contribution in [3.63, 3.8) is 0 Å². The lowest BCUT2D eigenvalue weighted by Gasteiger charge is -2.32. The number of rotatable bonds is 1. The number of benzene rings is 1. The molecule has 0 spiro atoms. The maximum Gasteiger partial charge on any atom is 0.238 e. The van der Waals surface area contributed by atoms with Gasteiger partial charge in [-0.2, -0.15) is 0 Å². The molecule has 2 aliphatic heterocycles. The van der Waals surface area contributed by atoms with Gasteiger partial charge in [0, 0.05) is 11.8 Å². The van der Waals surface area contributed by atoms with Crippen molar-refractivity contribution in [2.24, 2.45) is 35.5 Å². The molecule has 7 aliphatic rings. The Morgan fingerprint density at radius 1 is 0.862 bits per heavy atom. The van der Waals surface area contributed by atoms with E-state index in [1.165, 1.54) is 55.4 Å². The van der Waals surface area contributed by atoms with Crippen LogP contribution in [0.3, 0.4) is 0 Å². The normalized spacial score (nSPS) is 50.6. The molecule has 1 aromatic carbocycles. The monoisotopic (exact) mass is 387 g/mol. The van der Waals surface area contributed by atoms with Crippen molar-refractivity contribution < 1.29 is 14.3 Å². The van der Waals surface area contributed by atoms with Gasteiger partial charge >= 0.3 is 0 Å². The molecule has 4 nitrogen and oxygen atoms in total. The van der Waals surface area contributed by atoms with Gasteiger partial charge in [0.1, 0.15) is 11.2 Å². The Balaban J connectivity index is 1.33. The number of epoxide rings is 1. The molecule has 8 atom stereocenters. The van der Waals surface area contributed by atoms with Crippen molar-refractivity contribution in [1.29, 1.82) is 0 Å². The molecule has 2 saturated heterocycles. The molecule has 4 bridgehead atoms. The average molecular weight is 387 g/mol. The minimum Gasteiger partial charge on any atom is -0.361 e. The van der Waals surface area contributed by atoms with Gasteiger partial charge in [-0.05, 0) is 68.9 Å². The largest absolute Gasteiger partial charge is 0.361 e. The van der Waals surface area contributed by atoms with E-state index in [1.54, 1.807) is 5.57 Å². The number of ether oxygens (including phenoxy) is 1. The summed E-state index contributed by atoms with van der Waals surface area (Å²) in [5, 5.41) is 0. The van der Waals surface area contributed by atoms with Crippen LogP contribution in [0.15, 0.2) is 41.5 Å². The molecular weight excluding hydrogens is 362 g/mol. The molecule has 0 unspecified atom stereocenters. The van der Waals surface area contributed by atoms with Crippen LogP contribution in [-0.4, -0.2) is 23.0 Å². The van der Waals surface area contributed by atoms with Crippen molar-refractivity contribution in [1.82, 2.24) is 0 Å². The van der Waals surface area contributed by atoms with E-state index >= 15 is 0 Å². The highest BCUT2D eigenvalue weighted by molar-refractivity contribution is 6.23. The Kier molecular flexibility index (Phi) is 2.56. The molecule has 2 heterocycles. The number of amides is 2. The molecule has 0 radical (unpaired) electrons. The van der Waals surface area contributed by atoms with E-state index in [1.807, 2.05) is 30.3 Å². The van der Waals surface area contributed by atoms with Gasteiger partial charge in [-0.3, -0.25) is 14.5 Å². The van der Waals surface area contributed by atoms with E-state index in [4.69, 9.17) is 4.74 Å². The predicted octanol–water partition coefficient (Wildman–Crippen LogP) is 3.86. The number of nitrogens with zero attached hydrogens (tertiary/aromatic N) is 1. The van der Waals surface area contributed by atoms with Crippen molar-refractivity contribution in [3.05, 3.63) is 41.5 Å². The third kappa shape index (κ3) is 1.42. The van der Waals surface area contributed by atoms with E-state index in [2.05, 4.69) is 0 Å². The van der Waals surface area contributed by atoms with Crippen LogP contribution in [0.5, 0.6) is 0 Å². The number of carbonyl (C=O) groups is 2. The number of para-hydroxylation sites is 1. The highest BCUT2D eigenvalue weighted by Crippen LogP contribution is 2.88. The van der Waals surface area contributed by atoms with Crippen LogP contribution in [0.1, 0.15) is 44.9 Å². The molecule has 0 N–H and O–H groups in total. The fraction of sp³-hybridized carbons (Fsp3) is 0.600. The van der Waals surface area contributed by atoms with E-state index in [-0.39, 0.29) is 46.7 Å². The molecule has 7 fully saturated rings. The maximum absolute atomic E-state index is 13.7. The lowest BCUT2D eigenvalue weighted by Crippen LogP contribution is -2.46. The number of hydrogen-bond donors (Lipinski definition) is 0. The van der Waals surface area contributed by atoms with E-state index < -0.39 is 0 Å². The molecule has 148 valence electrons. The van der Waals surface area contributed by atoms with Crippen molar-refractivity contribution in [2.75, 3.05) is 4.90 Å². The van der Waals surface area contributed by atoms with Crippen LogP contribution in [0.25, 0.3) is 0 Å². The summed E-state index contributed by atoms with van der Waals surface area (Å²) in [7, 11) is 0. The van der Waals surface area contributed by atoms with Crippen LogP contribution in [0.2, 0.25) is 0 Å². The Morgan fingerprint density at radius 2 is 1.45 bits per heavy atom. The topological polar surface area (TPSA) is 49.9 Å². The summed E-state index contributed by atoms with van der Waals surface area (Å²) >= 11 is 0. The second-order valence-corrected chi connectivity index (χ2v) is 10.5. The number of anilines is 1. The first-order valence-corrected chi connectivity index (χ1v) is 11.5. The molecule has 0 aromatic heterocycles. The summed E-state index contributed by atoms with van der Waals surface area (Å²) in [6, 6.07) is 9.56. The molecule has 5 saturated carbocycles. The summed E-state index contributed by atoms with van der Waals surface area (Å²) < 4.78 is 6.74. The standard InChI is InChI=1S/C25H25NO3/c27-22-18-19(23(28)26(22)16-8-2-1-3-9-16)21-17(13-6-4-5-7-13)20(18)24-14-10-11-15(12-14)25(21,24)29-24/h1-3,8-9,14-15,18-21H,4-7,10-12H2/t14-,15-,18-,19+,20+,21+,24-,25-/m0/s1. The second kappa shape index (κ2) is 4.69. The SMILES string of the molecule is O=C1[C@@H]2[C@H](C(=O)N1c1ccccc1)[C@H]1C(=C3CCCC3)[C@H]2[C@]23O[C@@]12[C@H]1CC[C@H]3C1. The summed E-state index contributed by atoms with van der Waals surface area (Å²) in [4.78, 5) is 29.0. The summed E-state index contributed by atoms with van der Waals surface area (Å²) in [5.41, 5.74) is 3.67. The molecule has 8 rings (SSSR count). The average Bonchev–Trinajstić information content (AvgIpc) is 3.36. The first-order chi connectivity index (χ1) is 14.2. The minimum atomic E-state index is -0.189. The lowest BCUT2D eigenvalue weighted by atomic mass is 9.64. The number of carbonyl (C=O) groups excluding carboxylic acids is 2. The van der Waals surface area contributed by atoms with Crippen LogP contribution in [0, 0.1) is 35.5 Å². The Hall–Kier alpha value is -1.94. The smallest absolute Gasteiger partial charge is 0.238 e. The highest BCUT2D eigenvalue weighted by atomic mass is 16.6. The molecular formula is C25H25NO3. The quantitative estimate of drug-likeness (QED) is 0.418. The first kappa shape index (κ1) is 15.8. The number of allylic oxidation sites excluding steroid dienone is 1. The number of imide groups is 1. The van der Waals surface area contributed by atoms with Crippen LogP contribution < -0.4 is 4.90 Å². The van der Waals surface area contributed by atoms with Gasteiger partial charge in [-0.1, -0.05) is 29.3 Å². The fourth-order valence-corrected chi connectivity index (χ4v) is 9.29. The summed E-state index contributed by atoms with van der Waals surface area (Å²) in [5.74, 6) is 1.25. The summed E-state index contributed by atoms with van der Waals surface area (Å²) in [6.45, 7) is 0. The van der Waals surface area contributed by atoms with Gasteiger partial charge in [0.25, 0.3) is 0 Å². The zero-order valence-electron chi connectivity index (χ0n) is 16.5. The van der Waals surface area contributed by atoms with E-state index in [0.29, 0.717) is 11.8 Å². The molecule has 4 heteroatoms. The van der Waals surface area contributed by atoms with E-state index in [9.17, 15) is 9.59 Å². The van der Waals surface area contributed by atoms with E-state index in [0.717, 1.165) is 5.69 Å². The zero-order valence-corrected chi connectivity index (χ0v) is 16.5. The molecule has 29 heavy (non-hydrogen) atoms. The van der Waals surface area contributed by atoms with Gasteiger partial charge in [0.15, 0.2) is 0 Å². The lowest BCUT2D eigenvalue weighted by molar-refractivity contribution is -0.123. The van der Waals surface area contributed by atoms with Gasteiger partial charge in [-0.15, -0.1) is 0 Å². The van der Waals surface area contributed by atoms with Crippen molar-refractivity contribution in [3.8, 4) is 0 Å². The minimum absolute atomic E-state index is 0.0380. The van der Waals surface area contributed by atoms with Gasteiger partial charge in [0.2, 0.25) is 11.8 Å². The van der Waals surface area contributed by atoms with Crippen molar-refractivity contribution in [2.45, 2.75) is 56.1 Å². The molecule has 1 aromatic rings. The summed E-state index contributed by atoms with van der Waals surface area (Å²) in [6.07, 6.45) is 8.64. The number of fused-ring (bicyclic) bond motifs is 7.